The van der Waals surface area contributed by atoms with E-state index in [1.165, 1.54) is 50.8 Å². The normalized spacial score (nSPS) is 15.6. The van der Waals surface area contributed by atoms with Gasteiger partial charge in [-0.25, -0.2) is 13.7 Å². The summed E-state index contributed by atoms with van der Waals surface area (Å²) in [5.41, 5.74) is 0.328. The monoisotopic (exact) mass is 488 g/mol. The van der Waals surface area contributed by atoms with E-state index in [-0.39, 0.29) is 16.0 Å². The Balaban J connectivity index is 0.000000554. The number of benzene rings is 1. The number of alkyl halides is 3. The fourth-order valence-corrected chi connectivity index (χ4v) is 4.57. The molecule has 1 unspecified atom stereocenters. The van der Waals surface area contributed by atoms with Gasteiger partial charge in [-0.3, -0.25) is 0 Å². The standard InChI is InChI=1S/C17H19F3N2O4S.C6H12/c1-9-11(15(23)24)8-12(21-9)10-5-6-14(27(25)22-16(2,3)4)13(7-10)26-17(18,19)20;1-6-4-2-3-5-6/h5-8,21-22H,1-4H3,(H,23,24);6H,2-5H2,1H3. The van der Waals surface area contributed by atoms with Gasteiger partial charge in [0.15, 0.2) is 0 Å². The number of hydrogen-bond donors (Lipinski definition) is 3. The molecule has 2 aromatic rings. The molecule has 1 aliphatic rings. The fraction of sp³-hybridized carbons (Fsp3) is 0.522. The third-order valence-corrected chi connectivity index (χ3v) is 6.50. The predicted octanol–water partition coefficient (Wildman–Crippen LogP) is 6.19. The van der Waals surface area contributed by atoms with E-state index in [0.29, 0.717) is 11.4 Å². The van der Waals surface area contributed by atoms with Crippen LogP contribution in [-0.2, 0) is 11.0 Å². The topological polar surface area (TPSA) is 91.4 Å². The number of aromatic amines is 1. The number of carboxylic acid groups (broad SMARTS) is 1. The van der Waals surface area contributed by atoms with Gasteiger partial charge in [0.25, 0.3) is 0 Å². The molecule has 3 N–H and O–H groups in total. The van der Waals surface area contributed by atoms with Gasteiger partial charge in [0.1, 0.15) is 16.7 Å². The maximum Gasteiger partial charge on any atom is 0.573 e. The number of carboxylic acids is 1. The summed E-state index contributed by atoms with van der Waals surface area (Å²) in [6.45, 7) is 9.04. The van der Waals surface area contributed by atoms with Crippen LogP contribution < -0.4 is 9.46 Å². The molecule has 184 valence electrons. The summed E-state index contributed by atoms with van der Waals surface area (Å²) in [4.78, 5) is 13.8. The number of aryl methyl sites for hydroxylation is 1. The summed E-state index contributed by atoms with van der Waals surface area (Å²) in [6.07, 6.45) is 0.972. The number of rotatable bonds is 5. The molecule has 0 bridgehead atoms. The minimum atomic E-state index is -4.98. The molecular weight excluding hydrogens is 457 g/mol. The maximum atomic E-state index is 12.8. The minimum absolute atomic E-state index is 0.00495. The molecule has 1 saturated carbocycles. The van der Waals surface area contributed by atoms with Crippen LogP contribution in [-0.4, -0.2) is 32.2 Å². The zero-order valence-electron chi connectivity index (χ0n) is 19.4. The Labute approximate surface area is 194 Å². The second-order valence-electron chi connectivity index (χ2n) is 9.25. The van der Waals surface area contributed by atoms with Crippen molar-refractivity contribution in [3.63, 3.8) is 0 Å². The molecule has 0 aliphatic heterocycles. The lowest BCUT2D eigenvalue weighted by Crippen LogP contribution is -2.37. The third-order valence-electron chi connectivity index (χ3n) is 4.97. The largest absolute Gasteiger partial charge is 0.573 e. The maximum absolute atomic E-state index is 12.8. The Morgan fingerprint density at radius 3 is 2.21 bits per heavy atom. The highest BCUT2D eigenvalue weighted by atomic mass is 32.2. The predicted molar refractivity (Wildman–Crippen MR) is 122 cm³/mol. The number of hydrogen-bond acceptors (Lipinski definition) is 3. The van der Waals surface area contributed by atoms with Gasteiger partial charge in [-0.05, 0) is 51.8 Å². The highest BCUT2D eigenvalue weighted by molar-refractivity contribution is 7.83. The number of nitrogens with one attached hydrogen (secondary N) is 2. The van der Waals surface area contributed by atoms with Crippen molar-refractivity contribution >= 4 is 17.0 Å². The molecule has 1 aliphatic carbocycles. The fourth-order valence-electron chi connectivity index (χ4n) is 3.43. The first kappa shape index (κ1) is 26.9. The Morgan fingerprint density at radius 1 is 1.18 bits per heavy atom. The average Bonchev–Trinajstić information content (AvgIpc) is 3.28. The van der Waals surface area contributed by atoms with E-state index in [2.05, 4.69) is 21.4 Å². The van der Waals surface area contributed by atoms with Crippen LogP contribution in [0.25, 0.3) is 11.3 Å². The van der Waals surface area contributed by atoms with E-state index in [9.17, 15) is 22.2 Å². The molecule has 1 fully saturated rings. The first-order valence-electron chi connectivity index (χ1n) is 10.7. The van der Waals surface area contributed by atoms with Crippen molar-refractivity contribution in [2.24, 2.45) is 5.92 Å². The van der Waals surface area contributed by atoms with Gasteiger partial charge in [-0.15, -0.1) is 13.2 Å². The van der Waals surface area contributed by atoms with Gasteiger partial charge in [0.2, 0.25) is 0 Å². The van der Waals surface area contributed by atoms with Crippen LogP contribution in [0.2, 0.25) is 0 Å². The first-order chi connectivity index (χ1) is 15.2. The Hall–Kier alpha value is -2.33. The van der Waals surface area contributed by atoms with Crippen molar-refractivity contribution in [2.75, 3.05) is 0 Å². The van der Waals surface area contributed by atoms with Crippen molar-refractivity contribution in [2.45, 2.75) is 77.1 Å². The molecule has 1 heterocycles. The van der Waals surface area contributed by atoms with Crippen molar-refractivity contribution in [3.05, 3.63) is 35.5 Å². The van der Waals surface area contributed by atoms with Gasteiger partial charge in [-0.1, -0.05) is 38.7 Å². The van der Waals surface area contributed by atoms with Gasteiger partial charge < -0.3 is 14.8 Å². The Morgan fingerprint density at radius 2 is 1.79 bits per heavy atom. The summed E-state index contributed by atoms with van der Waals surface area (Å²) >= 11 is 0. The molecule has 0 amide bonds. The SMILES string of the molecule is CC1CCCC1.Cc1[nH]c(-c2ccc(S(=O)NC(C)(C)C)c(OC(F)(F)F)c2)cc1C(=O)O. The summed E-state index contributed by atoms with van der Waals surface area (Å²) < 4.78 is 57.6. The molecule has 33 heavy (non-hydrogen) atoms. The molecule has 1 aromatic carbocycles. The van der Waals surface area contributed by atoms with Crippen LogP contribution in [0.4, 0.5) is 13.2 Å². The lowest BCUT2D eigenvalue weighted by molar-refractivity contribution is -0.275. The molecule has 3 rings (SSSR count). The first-order valence-corrected chi connectivity index (χ1v) is 11.8. The van der Waals surface area contributed by atoms with Crippen molar-refractivity contribution < 1.29 is 32.0 Å². The van der Waals surface area contributed by atoms with Crippen LogP contribution in [0.1, 0.15) is 69.4 Å². The second-order valence-corrected chi connectivity index (χ2v) is 10.4. The van der Waals surface area contributed by atoms with E-state index in [4.69, 9.17) is 5.11 Å². The molecule has 10 heteroatoms. The number of H-pyrrole nitrogens is 1. The number of ether oxygens (including phenoxy) is 1. The second kappa shape index (κ2) is 10.7. The van der Waals surface area contributed by atoms with Gasteiger partial charge >= 0.3 is 12.3 Å². The van der Waals surface area contributed by atoms with Gasteiger partial charge in [-0.2, -0.15) is 0 Å². The van der Waals surface area contributed by atoms with Crippen LogP contribution >= 0.6 is 0 Å². The van der Waals surface area contributed by atoms with Crippen LogP contribution in [0.3, 0.4) is 0 Å². The molecule has 6 nitrogen and oxygen atoms in total. The van der Waals surface area contributed by atoms with Crippen LogP contribution in [0, 0.1) is 12.8 Å². The lowest BCUT2D eigenvalue weighted by Gasteiger charge is -2.21. The van der Waals surface area contributed by atoms with E-state index in [0.717, 1.165) is 12.0 Å². The molecule has 1 atom stereocenters. The van der Waals surface area contributed by atoms with Crippen LogP contribution in [0.5, 0.6) is 5.75 Å². The lowest BCUT2D eigenvalue weighted by atomic mass is 10.1. The summed E-state index contributed by atoms with van der Waals surface area (Å²) in [5, 5.41) is 9.12. The van der Waals surface area contributed by atoms with Crippen molar-refractivity contribution in [3.8, 4) is 17.0 Å². The van der Waals surface area contributed by atoms with Gasteiger partial charge in [0, 0.05) is 22.5 Å². The quantitative estimate of drug-likeness (QED) is 0.468. The van der Waals surface area contributed by atoms with E-state index < -0.39 is 34.6 Å². The Kier molecular flexibility index (Phi) is 8.75. The van der Waals surface area contributed by atoms with Gasteiger partial charge in [0.05, 0.1) is 10.5 Å². The third kappa shape index (κ3) is 8.51. The zero-order chi connectivity index (χ0) is 25.0. The minimum Gasteiger partial charge on any atom is -0.478 e. The number of carbonyl (C=O) groups is 1. The highest BCUT2D eigenvalue weighted by Crippen LogP contribution is 2.33. The van der Waals surface area contributed by atoms with E-state index in [1.807, 2.05) is 0 Å². The Bertz CT molecular complexity index is 991. The van der Waals surface area contributed by atoms with E-state index >= 15 is 0 Å². The molecule has 0 spiro atoms. The molecular formula is C23H31F3N2O4S. The molecule has 1 aromatic heterocycles. The van der Waals surface area contributed by atoms with Crippen LogP contribution in [0.15, 0.2) is 29.2 Å². The molecule has 0 radical (unpaired) electrons. The number of aromatic carboxylic acids is 1. The zero-order valence-corrected chi connectivity index (χ0v) is 20.2. The van der Waals surface area contributed by atoms with Crippen molar-refractivity contribution in [1.82, 2.24) is 9.71 Å². The smallest absolute Gasteiger partial charge is 0.478 e. The highest BCUT2D eigenvalue weighted by Gasteiger charge is 2.33. The number of halogens is 3. The van der Waals surface area contributed by atoms with Crippen molar-refractivity contribution in [1.29, 1.82) is 0 Å². The summed E-state index contributed by atoms with van der Waals surface area (Å²) in [5.74, 6) is -0.738. The summed E-state index contributed by atoms with van der Waals surface area (Å²) in [6, 6.07) is 5.08. The molecule has 0 saturated heterocycles. The number of aromatic nitrogens is 1. The average molecular weight is 489 g/mol. The van der Waals surface area contributed by atoms with E-state index in [1.54, 1.807) is 20.8 Å². The summed E-state index contributed by atoms with van der Waals surface area (Å²) in [7, 11) is -1.95.